The molecule has 2 aromatic heterocycles. The fourth-order valence-corrected chi connectivity index (χ4v) is 3.32. The minimum absolute atomic E-state index is 0.0262. The SMILES string of the molecule is Cc1ccc(OCc2ccc(C(=O)Nc3cc(C)n(Cc4ccccc4F)n3)o2)c([N+](=O)[O-])c1. The van der Waals surface area contributed by atoms with Crippen molar-refractivity contribution in [1.29, 1.82) is 0 Å². The lowest BCUT2D eigenvalue weighted by atomic mass is 10.2. The number of nitro benzene ring substituents is 1. The molecule has 0 atom stereocenters. The van der Waals surface area contributed by atoms with Crippen LogP contribution in [0.4, 0.5) is 15.9 Å². The van der Waals surface area contributed by atoms with E-state index in [1.54, 1.807) is 54.9 Å². The molecule has 0 saturated carbocycles. The Bertz CT molecular complexity index is 1360. The van der Waals surface area contributed by atoms with Crippen molar-refractivity contribution in [2.75, 3.05) is 5.32 Å². The standard InChI is InChI=1S/C24H21FN4O5/c1-15-7-9-21(20(11-15)29(31)32)33-14-18-8-10-22(34-18)24(30)26-23-12-16(2)28(27-23)13-17-5-3-4-6-19(17)25/h3-12H,13-14H2,1-2H3,(H,26,27,30). The van der Waals surface area contributed by atoms with E-state index in [9.17, 15) is 19.3 Å². The second-order valence-electron chi connectivity index (χ2n) is 7.66. The van der Waals surface area contributed by atoms with Gasteiger partial charge in [-0.05, 0) is 43.7 Å². The second-order valence-corrected chi connectivity index (χ2v) is 7.66. The van der Waals surface area contributed by atoms with Crippen molar-refractivity contribution >= 4 is 17.4 Å². The summed E-state index contributed by atoms with van der Waals surface area (Å²) in [6, 6.07) is 15.8. The molecular formula is C24H21FN4O5. The van der Waals surface area contributed by atoms with Gasteiger partial charge in [0.2, 0.25) is 0 Å². The zero-order valence-corrected chi connectivity index (χ0v) is 18.4. The molecule has 9 nitrogen and oxygen atoms in total. The summed E-state index contributed by atoms with van der Waals surface area (Å²) < 4.78 is 26.6. The summed E-state index contributed by atoms with van der Waals surface area (Å²) in [6.07, 6.45) is 0. The van der Waals surface area contributed by atoms with Crippen LogP contribution in [-0.4, -0.2) is 20.6 Å². The molecule has 2 heterocycles. The molecule has 0 fully saturated rings. The highest BCUT2D eigenvalue weighted by Crippen LogP contribution is 2.28. The molecule has 1 amide bonds. The number of hydrogen-bond acceptors (Lipinski definition) is 6. The first-order chi connectivity index (χ1) is 16.3. The number of rotatable bonds is 8. The summed E-state index contributed by atoms with van der Waals surface area (Å²) in [7, 11) is 0. The van der Waals surface area contributed by atoms with Gasteiger partial charge in [0.25, 0.3) is 5.91 Å². The molecule has 0 aliphatic heterocycles. The van der Waals surface area contributed by atoms with Gasteiger partial charge in [-0.25, -0.2) is 4.39 Å². The molecule has 4 rings (SSSR count). The lowest BCUT2D eigenvalue weighted by Gasteiger charge is -2.06. The molecule has 0 unspecified atom stereocenters. The van der Waals surface area contributed by atoms with Crippen LogP contribution in [0.15, 0.2) is 65.1 Å². The number of furan rings is 1. The Morgan fingerprint density at radius 1 is 1.18 bits per heavy atom. The first-order valence-corrected chi connectivity index (χ1v) is 10.4. The minimum Gasteiger partial charge on any atom is -0.479 e. The van der Waals surface area contributed by atoms with Crippen LogP contribution in [-0.2, 0) is 13.2 Å². The monoisotopic (exact) mass is 464 g/mol. The molecule has 0 spiro atoms. The van der Waals surface area contributed by atoms with Crippen LogP contribution in [0.3, 0.4) is 0 Å². The molecule has 1 N–H and O–H groups in total. The third-order valence-electron chi connectivity index (χ3n) is 5.07. The minimum atomic E-state index is -0.525. The van der Waals surface area contributed by atoms with Gasteiger partial charge < -0.3 is 14.5 Å². The number of nitrogens with zero attached hydrogens (tertiary/aromatic N) is 3. The largest absolute Gasteiger partial charge is 0.479 e. The van der Waals surface area contributed by atoms with E-state index >= 15 is 0 Å². The first kappa shape index (κ1) is 22.7. The Labute approximate surface area is 193 Å². The number of amides is 1. The zero-order chi connectivity index (χ0) is 24.2. The molecule has 0 aliphatic carbocycles. The van der Waals surface area contributed by atoms with Crippen LogP contribution < -0.4 is 10.1 Å². The summed E-state index contributed by atoms with van der Waals surface area (Å²) in [5.41, 5.74) is 1.82. The normalized spacial score (nSPS) is 10.8. The summed E-state index contributed by atoms with van der Waals surface area (Å²) in [4.78, 5) is 23.3. The molecular weight excluding hydrogens is 443 g/mol. The Balaban J connectivity index is 1.40. The van der Waals surface area contributed by atoms with Gasteiger partial charge in [-0.2, -0.15) is 5.10 Å². The molecule has 0 radical (unpaired) electrons. The van der Waals surface area contributed by atoms with Crippen molar-refractivity contribution in [2.45, 2.75) is 27.0 Å². The van der Waals surface area contributed by atoms with Crippen LogP contribution in [0.25, 0.3) is 0 Å². The van der Waals surface area contributed by atoms with Crippen LogP contribution in [0.2, 0.25) is 0 Å². The van der Waals surface area contributed by atoms with Crippen LogP contribution in [0, 0.1) is 29.8 Å². The van der Waals surface area contributed by atoms with Gasteiger partial charge in [-0.1, -0.05) is 24.3 Å². The maximum Gasteiger partial charge on any atom is 0.311 e. The van der Waals surface area contributed by atoms with E-state index in [0.717, 1.165) is 11.3 Å². The van der Waals surface area contributed by atoms with Gasteiger partial charge in [0.1, 0.15) is 18.2 Å². The number of aromatic nitrogens is 2. The number of ether oxygens (including phenoxy) is 1. The van der Waals surface area contributed by atoms with Gasteiger partial charge in [0.05, 0.1) is 11.5 Å². The molecule has 2 aromatic carbocycles. The number of aryl methyl sites for hydroxylation is 2. The molecule has 10 heteroatoms. The summed E-state index contributed by atoms with van der Waals surface area (Å²) in [5.74, 6) is -0.107. The van der Waals surface area contributed by atoms with Gasteiger partial charge in [0.15, 0.2) is 17.3 Å². The number of carbonyl (C=O) groups is 1. The molecule has 174 valence electrons. The molecule has 0 saturated heterocycles. The van der Waals surface area contributed by atoms with Crippen molar-refractivity contribution in [3.05, 3.63) is 105 Å². The fraction of sp³-hybridized carbons (Fsp3) is 0.167. The lowest BCUT2D eigenvalue weighted by Crippen LogP contribution is -2.12. The van der Waals surface area contributed by atoms with E-state index in [1.807, 2.05) is 0 Å². The number of halogens is 1. The quantitative estimate of drug-likeness (QED) is 0.289. The number of carbonyl (C=O) groups excluding carboxylic acids is 1. The number of hydrogen-bond donors (Lipinski definition) is 1. The fourth-order valence-electron chi connectivity index (χ4n) is 3.32. The van der Waals surface area contributed by atoms with Gasteiger partial charge >= 0.3 is 5.69 Å². The summed E-state index contributed by atoms with van der Waals surface area (Å²) in [5, 5.41) is 18.2. The summed E-state index contributed by atoms with van der Waals surface area (Å²) >= 11 is 0. The van der Waals surface area contributed by atoms with E-state index in [2.05, 4.69) is 10.4 Å². The Morgan fingerprint density at radius 3 is 2.74 bits per heavy atom. The molecule has 34 heavy (non-hydrogen) atoms. The van der Waals surface area contributed by atoms with Crippen molar-refractivity contribution in [1.82, 2.24) is 9.78 Å². The highest BCUT2D eigenvalue weighted by molar-refractivity contribution is 6.01. The number of anilines is 1. The van der Waals surface area contributed by atoms with Gasteiger partial charge in [-0.3, -0.25) is 19.6 Å². The van der Waals surface area contributed by atoms with Crippen molar-refractivity contribution in [3.8, 4) is 5.75 Å². The van der Waals surface area contributed by atoms with Crippen molar-refractivity contribution in [2.24, 2.45) is 0 Å². The average Bonchev–Trinajstić information content (AvgIpc) is 3.41. The third kappa shape index (κ3) is 5.12. The third-order valence-corrected chi connectivity index (χ3v) is 5.07. The smallest absolute Gasteiger partial charge is 0.311 e. The number of nitrogens with one attached hydrogen (secondary N) is 1. The Hall–Kier alpha value is -4.47. The highest BCUT2D eigenvalue weighted by Gasteiger charge is 2.18. The van der Waals surface area contributed by atoms with Gasteiger partial charge in [-0.15, -0.1) is 0 Å². The van der Waals surface area contributed by atoms with Crippen molar-refractivity contribution in [3.63, 3.8) is 0 Å². The second kappa shape index (κ2) is 9.57. The predicted octanol–water partition coefficient (Wildman–Crippen LogP) is 5.02. The Morgan fingerprint density at radius 2 is 1.97 bits per heavy atom. The topological polar surface area (TPSA) is 112 Å². The van der Waals surface area contributed by atoms with Crippen molar-refractivity contribution < 1.29 is 23.3 Å². The number of nitro groups is 1. The average molecular weight is 464 g/mol. The lowest BCUT2D eigenvalue weighted by molar-refractivity contribution is -0.386. The van der Waals surface area contributed by atoms with Crippen LogP contribution in [0.1, 0.15) is 33.1 Å². The molecule has 0 aliphatic rings. The summed E-state index contributed by atoms with van der Waals surface area (Å²) in [6.45, 7) is 3.68. The molecule has 0 bridgehead atoms. The predicted molar refractivity (Wildman–Crippen MR) is 121 cm³/mol. The molecule has 4 aromatic rings. The van der Waals surface area contributed by atoms with Gasteiger partial charge in [0, 0.05) is 23.4 Å². The first-order valence-electron chi connectivity index (χ1n) is 10.4. The maximum atomic E-state index is 13.9. The van der Waals surface area contributed by atoms with E-state index in [-0.39, 0.29) is 36.2 Å². The van der Waals surface area contributed by atoms with Crippen LogP contribution in [0.5, 0.6) is 5.75 Å². The van der Waals surface area contributed by atoms with E-state index in [1.165, 1.54) is 24.3 Å². The van der Waals surface area contributed by atoms with E-state index in [4.69, 9.17) is 9.15 Å². The highest BCUT2D eigenvalue weighted by atomic mass is 19.1. The Kier molecular flexibility index (Phi) is 6.39. The zero-order valence-electron chi connectivity index (χ0n) is 18.4. The maximum absolute atomic E-state index is 13.9. The van der Waals surface area contributed by atoms with E-state index in [0.29, 0.717) is 17.1 Å². The van der Waals surface area contributed by atoms with Crippen LogP contribution >= 0.6 is 0 Å². The van der Waals surface area contributed by atoms with E-state index < -0.39 is 10.8 Å². The number of benzene rings is 2.